The van der Waals surface area contributed by atoms with Gasteiger partial charge < -0.3 is 4.74 Å². The molecular formula is C11H8ClNO3. The minimum Gasteiger partial charge on any atom is -0.495 e. The highest BCUT2D eigenvalue weighted by Gasteiger charge is 2.19. The number of halogens is 1. The fraction of sp³-hybridized carbons (Fsp3) is 0.182. The van der Waals surface area contributed by atoms with Crippen molar-refractivity contribution in [3.05, 3.63) is 28.8 Å². The first-order chi connectivity index (χ1) is 7.69. The number of nitriles is 1. The Kier molecular flexibility index (Phi) is 4.03. The second-order valence-electron chi connectivity index (χ2n) is 2.89. The summed E-state index contributed by atoms with van der Waals surface area (Å²) in [6.07, 6.45) is 0.514. The van der Waals surface area contributed by atoms with E-state index in [1.54, 1.807) is 0 Å². The molecule has 0 atom stereocenters. The first-order valence-electron chi connectivity index (χ1n) is 4.35. The molecule has 5 heteroatoms. The van der Waals surface area contributed by atoms with Crippen LogP contribution in [0.5, 0.6) is 5.75 Å². The molecule has 1 rings (SSSR count). The number of rotatable bonds is 4. The lowest BCUT2D eigenvalue weighted by molar-refractivity contribution is 0.101. The van der Waals surface area contributed by atoms with Crippen molar-refractivity contribution in [2.45, 2.75) is 0 Å². The first kappa shape index (κ1) is 12.2. The number of Topliss-reactive ketones (excluding diaryl/α,β-unsaturated/α-hetero) is 1. The van der Waals surface area contributed by atoms with Crippen molar-refractivity contribution in [2.24, 2.45) is 0 Å². The molecule has 0 radical (unpaired) electrons. The van der Waals surface area contributed by atoms with E-state index in [0.717, 1.165) is 0 Å². The average molecular weight is 238 g/mol. The van der Waals surface area contributed by atoms with Gasteiger partial charge in [-0.3, -0.25) is 9.59 Å². The van der Waals surface area contributed by atoms with E-state index in [4.69, 9.17) is 21.6 Å². The standard InChI is InChI=1S/C11H8ClNO3/c1-16-10-3-2-7(6-14)11(8(10)5-13)9(15)4-12/h2-3,6H,4H2,1H3. The molecule has 82 valence electrons. The van der Waals surface area contributed by atoms with Crippen LogP contribution in [0.25, 0.3) is 0 Å². The van der Waals surface area contributed by atoms with Gasteiger partial charge >= 0.3 is 0 Å². The minimum absolute atomic E-state index is 0.0202. The van der Waals surface area contributed by atoms with E-state index in [1.165, 1.54) is 19.2 Å². The smallest absolute Gasteiger partial charge is 0.179 e. The Morgan fingerprint density at radius 2 is 2.31 bits per heavy atom. The van der Waals surface area contributed by atoms with E-state index in [1.807, 2.05) is 6.07 Å². The van der Waals surface area contributed by atoms with Gasteiger partial charge in [-0.15, -0.1) is 11.6 Å². The Morgan fingerprint density at radius 1 is 1.62 bits per heavy atom. The van der Waals surface area contributed by atoms with Crippen molar-refractivity contribution in [1.82, 2.24) is 0 Å². The SMILES string of the molecule is COc1ccc(C=O)c(C(=O)CCl)c1C#N. The second kappa shape index (κ2) is 5.29. The van der Waals surface area contributed by atoms with E-state index in [9.17, 15) is 9.59 Å². The number of benzene rings is 1. The second-order valence-corrected chi connectivity index (χ2v) is 3.16. The molecular weight excluding hydrogens is 230 g/mol. The van der Waals surface area contributed by atoms with E-state index in [2.05, 4.69) is 0 Å². The normalized spacial score (nSPS) is 9.31. The number of ether oxygens (including phenoxy) is 1. The Hall–Kier alpha value is -1.86. The minimum atomic E-state index is -0.473. The van der Waals surface area contributed by atoms with Crippen LogP contribution in [0.3, 0.4) is 0 Å². The van der Waals surface area contributed by atoms with E-state index < -0.39 is 5.78 Å². The molecule has 0 amide bonds. The zero-order chi connectivity index (χ0) is 12.1. The van der Waals surface area contributed by atoms with Crippen molar-refractivity contribution >= 4 is 23.7 Å². The first-order valence-corrected chi connectivity index (χ1v) is 4.88. The zero-order valence-corrected chi connectivity index (χ0v) is 9.25. The predicted octanol–water partition coefficient (Wildman–Crippen LogP) is 1.80. The number of carbonyl (C=O) groups is 2. The Labute approximate surface area is 97.4 Å². The number of alkyl halides is 1. The Balaban J connectivity index is 3.56. The van der Waals surface area contributed by atoms with Gasteiger partial charge in [0.25, 0.3) is 0 Å². The lowest BCUT2D eigenvalue weighted by atomic mass is 9.98. The van der Waals surface area contributed by atoms with Gasteiger partial charge in [-0.25, -0.2) is 0 Å². The number of hydrogen-bond donors (Lipinski definition) is 0. The van der Waals surface area contributed by atoms with Crippen molar-refractivity contribution in [3.63, 3.8) is 0 Å². The molecule has 1 aromatic carbocycles. The molecule has 0 aliphatic heterocycles. The van der Waals surface area contributed by atoms with Gasteiger partial charge in [0.05, 0.1) is 18.6 Å². The third-order valence-corrected chi connectivity index (χ3v) is 2.30. The summed E-state index contributed by atoms with van der Waals surface area (Å²) in [7, 11) is 1.38. The summed E-state index contributed by atoms with van der Waals surface area (Å²) >= 11 is 5.42. The summed E-state index contributed by atoms with van der Waals surface area (Å²) in [4.78, 5) is 22.3. The highest BCUT2D eigenvalue weighted by molar-refractivity contribution is 6.31. The molecule has 0 aliphatic rings. The van der Waals surface area contributed by atoms with Crippen LogP contribution in [0, 0.1) is 11.3 Å². The van der Waals surface area contributed by atoms with Gasteiger partial charge in [-0.05, 0) is 12.1 Å². The maximum Gasteiger partial charge on any atom is 0.179 e. The monoisotopic (exact) mass is 237 g/mol. The lowest BCUT2D eigenvalue weighted by Gasteiger charge is -2.08. The van der Waals surface area contributed by atoms with E-state index >= 15 is 0 Å². The van der Waals surface area contributed by atoms with Crippen LogP contribution in [0.1, 0.15) is 26.3 Å². The summed E-state index contributed by atoms with van der Waals surface area (Å²) in [6, 6.07) is 4.73. The van der Waals surface area contributed by atoms with Crippen molar-refractivity contribution < 1.29 is 14.3 Å². The predicted molar refractivity (Wildman–Crippen MR) is 58.1 cm³/mol. The molecule has 1 aromatic rings. The molecule has 0 heterocycles. The molecule has 0 saturated heterocycles. The van der Waals surface area contributed by atoms with Crippen molar-refractivity contribution in [2.75, 3.05) is 13.0 Å². The molecule has 0 saturated carbocycles. The highest BCUT2D eigenvalue weighted by atomic mass is 35.5. The third kappa shape index (κ3) is 2.05. The van der Waals surface area contributed by atoms with Gasteiger partial charge in [0.1, 0.15) is 17.4 Å². The maximum atomic E-state index is 11.5. The van der Waals surface area contributed by atoms with Crippen LogP contribution in [-0.4, -0.2) is 25.1 Å². The zero-order valence-electron chi connectivity index (χ0n) is 8.49. The molecule has 0 unspecified atom stereocenters. The number of carbonyl (C=O) groups excluding carboxylic acids is 2. The van der Waals surface area contributed by atoms with E-state index in [0.29, 0.717) is 6.29 Å². The fourth-order valence-corrected chi connectivity index (χ4v) is 1.48. The van der Waals surface area contributed by atoms with Crippen LogP contribution < -0.4 is 4.74 Å². The van der Waals surface area contributed by atoms with Crippen LogP contribution in [-0.2, 0) is 0 Å². The van der Waals surface area contributed by atoms with Gasteiger partial charge in [0.15, 0.2) is 12.1 Å². The number of aldehydes is 1. The molecule has 16 heavy (non-hydrogen) atoms. The molecule has 0 bridgehead atoms. The van der Waals surface area contributed by atoms with Gasteiger partial charge in [0.2, 0.25) is 0 Å². The quantitative estimate of drug-likeness (QED) is 0.455. The summed E-state index contributed by atoms with van der Waals surface area (Å²) in [6.45, 7) is 0. The van der Waals surface area contributed by atoms with Crippen LogP contribution in [0.15, 0.2) is 12.1 Å². The largest absolute Gasteiger partial charge is 0.495 e. The molecule has 0 aliphatic carbocycles. The number of methoxy groups -OCH3 is 1. The Morgan fingerprint density at radius 3 is 2.75 bits per heavy atom. The van der Waals surface area contributed by atoms with Crippen LogP contribution >= 0.6 is 11.6 Å². The average Bonchev–Trinajstić information content (AvgIpc) is 2.35. The summed E-state index contributed by atoms with van der Waals surface area (Å²) in [5.74, 6) is -0.510. The summed E-state index contributed by atoms with van der Waals surface area (Å²) < 4.78 is 4.94. The molecule has 0 aromatic heterocycles. The van der Waals surface area contributed by atoms with Crippen molar-refractivity contribution in [1.29, 1.82) is 5.26 Å². The number of hydrogen-bond acceptors (Lipinski definition) is 4. The topological polar surface area (TPSA) is 67.2 Å². The molecule has 4 nitrogen and oxygen atoms in total. The lowest BCUT2D eigenvalue weighted by Crippen LogP contribution is -2.09. The molecule has 0 fully saturated rings. The van der Waals surface area contributed by atoms with Crippen LogP contribution in [0.2, 0.25) is 0 Å². The van der Waals surface area contributed by atoms with Gasteiger partial charge in [0, 0.05) is 5.56 Å². The molecule has 0 N–H and O–H groups in total. The maximum absolute atomic E-state index is 11.5. The number of nitrogens with zero attached hydrogens (tertiary/aromatic N) is 1. The van der Waals surface area contributed by atoms with Gasteiger partial charge in [-0.1, -0.05) is 0 Å². The van der Waals surface area contributed by atoms with E-state index in [-0.39, 0.29) is 28.3 Å². The summed E-state index contributed by atoms with van der Waals surface area (Å²) in [5.41, 5.74) is 0.201. The Bertz CT molecular complexity index is 477. The molecule has 0 spiro atoms. The fourth-order valence-electron chi connectivity index (χ4n) is 1.35. The summed E-state index contributed by atoms with van der Waals surface area (Å²) in [5, 5.41) is 8.95. The number of ketones is 1. The van der Waals surface area contributed by atoms with Gasteiger partial charge in [-0.2, -0.15) is 5.26 Å². The van der Waals surface area contributed by atoms with Crippen molar-refractivity contribution in [3.8, 4) is 11.8 Å². The highest BCUT2D eigenvalue weighted by Crippen LogP contribution is 2.24. The third-order valence-electron chi connectivity index (χ3n) is 2.06. The van der Waals surface area contributed by atoms with Crippen LogP contribution in [0.4, 0.5) is 0 Å².